The lowest BCUT2D eigenvalue weighted by atomic mass is 9.89. The molecule has 0 aromatic carbocycles. The van der Waals surface area contributed by atoms with Crippen LogP contribution in [0.4, 0.5) is 0 Å². The normalized spacial score (nSPS) is 12.3. The second kappa shape index (κ2) is 7.38. The molecule has 0 bridgehead atoms. The first-order valence-electron chi connectivity index (χ1n) is 5.30. The molecule has 5 heteroatoms. The van der Waals surface area contributed by atoms with Crippen molar-refractivity contribution in [2.45, 2.75) is 26.9 Å². The van der Waals surface area contributed by atoms with E-state index >= 15 is 0 Å². The van der Waals surface area contributed by atoms with Crippen molar-refractivity contribution < 1.29 is 23.8 Å². The minimum atomic E-state index is -0.634. The molecule has 1 unspecified atom stereocenters. The first-order valence-corrected chi connectivity index (χ1v) is 5.30. The molecule has 0 heterocycles. The predicted molar refractivity (Wildman–Crippen MR) is 65.3 cm³/mol. The summed E-state index contributed by atoms with van der Waals surface area (Å²) in [5.41, 5.74) is -0.318. The largest absolute Gasteiger partial charge is 0.485 e. The van der Waals surface area contributed by atoms with Gasteiger partial charge in [-0.2, -0.15) is 0 Å². The molecule has 5 nitrogen and oxygen atoms in total. The first kappa shape index (κ1) is 16.0. The van der Waals surface area contributed by atoms with Crippen molar-refractivity contribution in [1.29, 1.82) is 0 Å². The van der Waals surface area contributed by atoms with Gasteiger partial charge in [0, 0.05) is 11.3 Å². The molecule has 0 N–H and O–H groups in total. The van der Waals surface area contributed by atoms with Gasteiger partial charge in [0.2, 0.25) is 0 Å². The van der Waals surface area contributed by atoms with E-state index < -0.39 is 18.0 Å². The van der Waals surface area contributed by atoms with E-state index in [1.165, 1.54) is 20.5 Å². The van der Waals surface area contributed by atoms with E-state index in [-0.39, 0.29) is 5.41 Å². The van der Waals surface area contributed by atoms with E-state index in [1.807, 2.05) is 20.8 Å². The van der Waals surface area contributed by atoms with Crippen LogP contribution in [0.15, 0.2) is 12.3 Å². The van der Waals surface area contributed by atoms with Gasteiger partial charge in [0.25, 0.3) is 0 Å². The summed E-state index contributed by atoms with van der Waals surface area (Å²) >= 11 is 0. The molecule has 0 amide bonds. The average molecular weight is 254 g/mol. The molecule has 0 rings (SSSR count). The molecule has 0 spiro atoms. The Bertz CT molecular complexity index is 378. The molecular formula is C13H18O5. The fraction of sp³-hybridized carbons (Fsp3) is 0.538. The maximum atomic E-state index is 10.9. The van der Waals surface area contributed by atoms with E-state index in [4.69, 9.17) is 4.74 Å². The van der Waals surface area contributed by atoms with E-state index in [0.29, 0.717) is 0 Å². The topological polar surface area (TPSA) is 61.8 Å². The van der Waals surface area contributed by atoms with Gasteiger partial charge in [0.05, 0.1) is 26.6 Å². The Balaban J connectivity index is 4.71. The van der Waals surface area contributed by atoms with Crippen LogP contribution in [0.25, 0.3) is 0 Å². The standard InChI is InChI=1S/C13H18O5/c1-13(2,3)10(6-7-11(14)16-4)18-9-8-12(15)17-5/h8-10H,1-5H3/b9-8+. The lowest BCUT2D eigenvalue weighted by Gasteiger charge is -2.25. The molecule has 0 aromatic heterocycles. The maximum Gasteiger partial charge on any atom is 0.384 e. The third-order valence-electron chi connectivity index (χ3n) is 1.90. The summed E-state index contributed by atoms with van der Waals surface area (Å²) in [6.45, 7) is 5.70. The third kappa shape index (κ3) is 6.59. The van der Waals surface area contributed by atoms with Crippen LogP contribution < -0.4 is 0 Å². The van der Waals surface area contributed by atoms with Gasteiger partial charge in [-0.3, -0.25) is 0 Å². The van der Waals surface area contributed by atoms with Crippen LogP contribution in [0.2, 0.25) is 0 Å². The van der Waals surface area contributed by atoms with Crippen molar-refractivity contribution in [2.75, 3.05) is 14.2 Å². The molecule has 0 fully saturated rings. The zero-order valence-electron chi connectivity index (χ0n) is 11.3. The number of esters is 2. The van der Waals surface area contributed by atoms with Gasteiger partial charge in [-0.1, -0.05) is 20.8 Å². The summed E-state index contributed by atoms with van der Waals surface area (Å²) < 4.78 is 14.1. The van der Waals surface area contributed by atoms with Crippen molar-refractivity contribution in [3.05, 3.63) is 12.3 Å². The molecule has 1 atom stereocenters. The molecule has 0 saturated heterocycles. The quantitative estimate of drug-likeness (QED) is 0.249. The Morgan fingerprint density at radius 3 is 2.22 bits per heavy atom. The molecule has 0 radical (unpaired) electrons. The maximum absolute atomic E-state index is 10.9. The highest BCUT2D eigenvalue weighted by Crippen LogP contribution is 2.21. The van der Waals surface area contributed by atoms with E-state index in [9.17, 15) is 9.59 Å². The predicted octanol–water partition coefficient (Wildman–Crippen LogP) is 1.28. The Morgan fingerprint density at radius 1 is 1.17 bits per heavy atom. The zero-order valence-corrected chi connectivity index (χ0v) is 11.3. The number of methoxy groups -OCH3 is 2. The summed E-state index contributed by atoms with van der Waals surface area (Å²) in [6, 6.07) is 0. The van der Waals surface area contributed by atoms with Crippen LogP contribution in [0, 0.1) is 17.3 Å². The highest BCUT2D eigenvalue weighted by molar-refractivity contribution is 5.88. The number of ether oxygens (including phenoxy) is 3. The van der Waals surface area contributed by atoms with Crippen LogP contribution in [0.5, 0.6) is 0 Å². The van der Waals surface area contributed by atoms with Crippen LogP contribution >= 0.6 is 0 Å². The van der Waals surface area contributed by atoms with Gasteiger partial charge in [0.15, 0.2) is 6.10 Å². The Kier molecular flexibility index (Phi) is 6.58. The lowest BCUT2D eigenvalue weighted by molar-refractivity contribution is -0.135. The monoisotopic (exact) mass is 254 g/mol. The number of rotatable bonds is 3. The zero-order chi connectivity index (χ0) is 14.2. The second-order valence-electron chi connectivity index (χ2n) is 4.47. The smallest absolute Gasteiger partial charge is 0.384 e. The van der Waals surface area contributed by atoms with Crippen molar-refractivity contribution in [1.82, 2.24) is 0 Å². The number of hydrogen-bond acceptors (Lipinski definition) is 5. The summed E-state index contributed by atoms with van der Waals surface area (Å²) in [5, 5.41) is 0. The van der Waals surface area contributed by atoms with E-state index in [2.05, 4.69) is 21.3 Å². The molecule has 0 aliphatic heterocycles. The molecule has 0 aliphatic rings. The van der Waals surface area contributed by atoms with Gasteiger partial charge in [-0.15, -0.1) is 0 Å². The molecular weight excluding hydrogens is 236 g/mol. The summed E-state index contributed by atoms with van der Waals surface area (Å²) in [5.74, 6) is 3.80. The molecule has 0 aliphatic carbocycles. The fourth-order valence-corrected chi connectivity index (χ4v) is 0.872. The van der Waals surface area contributed by atoms with Gasteiger partial charge in [-0.25, -0.2) is 9.59 Å². The number of carbonyl (C=O) groups excluding carboxylic acids is 2. The highest BCUT2D eigenvalue weighted by atomic mass is 16.5. The van der Waals surface area contributed by atoms with Crippen LogP contribution in [0.3, 0.4) is 0 Å². The fourth-order valence-electron chi connectivity index (χ4n) is 0.872. The minimum absolute atomic E-state index is 0.318. The SMILES string of the molecule is COC(=O)C#CC(O/C=C/C(=O)OC)C(C)(C)C. The van der Waals surface area contributed by atoms with Crippen molar-refractivity contribution in [3.8, 4) is 11.8 Å². The summed E-state index contributed by atoms with van der Waals surface area (Å²) in [4.78, 5) is 21.8. The van der Waals surface area contributed by atoms with Gasteiger partial charge in [0.1, 0.15) is 0 Å². The molecule has 100 valence electrons. The summed E-state index contributed by atoms with van der Waals surface area (Å²) in [7, 11) is 2.52. The van der Waals surface area contributed by atoms with Crippen molar-refractivity contribution >= 4 is 11.9 Å². The Hall–Kier alpha value is -1.96. The van der Waals surface area contributed by atoms with Gasteiger partial charge in [-0.05, 0) is 5.92 Å². The third-order valence-corrected chi connectivity index (χ3v) is 1.90. The highest BCUT2D eigenvalue weighted by Gasteiger charge is 2.23. The van der Waals surface area contributed by atoms with Gasteiger partial charge >= 0.3 is 11.9 Å². The van der Waals surface area contributed by atoms with E-state index in [0.717, 1.165) is 6.08 Å². The summed E-state index contributed by atoms with van der Waals surface area (Å²) in [6.07, 6.45) is 1.80. The van der Waals surface area contributed by atoms with Crippen molar-refractivity contribution in [3.63, 3.8) is 0 Å². The average Bonchev–Trinajstić information content (AvgIpc) is 2.30. The van der Waals surface area contributed by atoms with Crippen LogP contribution in [0.1, 0.15) is 20.8 Å². The minimum Gasteiger partial charge on any atom is -0.485 e. The van der Waals surface area contributed by atoms with Gasteiger partial charge < -0.3 is 14.2 Å². The van der Waals surface area contributed by atoms with E-state index in [1.54, 1.807) is 0 Å². The molecule has 18 heavy (non-hydrogen) atoms. The first-order chi connectivity index (χ1) is 8.31. The number of hydrogen-bond donors (Lipinski definition) is 0. The number of carbonyl (C=O) groups is 2. The van der Waals surface area contributed by atoms with Crippen LogP contribution in [-0.2, 0) is 23.8 Å². The lowest BCUT2D eigenvalue weighted by Crippen LogP contribution is -2.26. The Morgan fingerprint density at radius 2 is 1.78 bits per heavy atom. The molecule has 0 saturated carbocycles. The second-order valence-corrected chi connectivity index (χ2v) is 4.47. The van der Waals surface area contributed by atoms with Crippen LogP contribution in [-0.4, -0.2) is 32.3 Å². The molecule has 0 aromatic rings. The van der Waals surface area contributed by atoms with Crippen molar-refractivity contribution in [2.24, 2.45) is 5.41 Å². The Labute approximate surface area is 107 Å².